The van der Waals surface area contributed by atoms with E-state index in [1.165, 1.54) is 89.9 Å². The molecule has 63 heavy (non-hydrogen) atoms. The first-order chi connectivity index (χ1) is 30.8. The van der Waals surface area contributed by atoms with Gasteiger partial charge in [-0.15, -0.1) is 0 Å². The van der Waals surface area contributed by atoms with Gasteiger partial charge in [0.1, 0.15) is 6.61 Å². The maximum atomic E-state index is 12.6. The van der Waals surface area contributed by atoms with E-state index in [1.807, 2.05) is 12.2 Å². The molecule has 0 aliphatic rings. The molecule has 1 unspecified atom stereocenters. The average molecular weight is 900 g/mol. The molecule has 0 saturated heterocycles. The Hall–Kier alpha value is -3.07. The van der Waals surface area contributed by atoms with Crippen LogP contribution in [0.1, 0.15) is 194 Å². The topological polar surface area (TPSA) is 134 Å². The van der Waals surface area contributed by atoms with Gasteiger partial charge in [-0.1, -0.05) is 195 Å². The van der Waals surface area contributed by atoms with Gasteiger partial charge in [-0.2, -0.15) is 0 Å². The first-order valence-corrected chi connectivity index (χ1v) is 26.2. The van der Waals surface area contributed by atoms with Gasteiger partial charge in [-0.25, -0.2) is 4.57 Å². The van der Waals surface area contributed by atoms with Gasteiger partial charge in [0.25, 0.3) is 0 Å². The summed E-state index contributed by atoms with van der Waals surface area (Å²) in [5.74, 6) is -0.981. The number of carbonyl (C=O) groups is 2. The fourth-order valence-corrected chi connectivity index (χ4v) is 7.09. The Morgan fingerprint density at radius 2 is 0.921 bits per heavy atom. The highest BCUT2D eigenvalue weighted by atomic mass is 31.2. The average Bonchev–Trinajstić information content (AvgIpc) is 3.27. The number of allylic oxidation sites excluding steroid dienone is 16. The molecule has 0 rings (SSSR count). The summed E-state index contributed by atoms with van der Waals surface area (Å²) in [5, 5.41) is 0. The number of rotatable bonds is 45. The number of hydrogen-bond donors (Lipinski definition) is 2. The molecule has 2 atom stereocenters. The minimum absolute atomic E-state index is 0.0331. The van der Waals surface area contributed by atoms with Crippen LogP contribution in [-0.4, -0.2) is 49.3 Å². The summed E-state index contributed by atoms with van der Waals surface area (Å²) >= 11 is 0. The van der Waals surface area contributed by atoms with Crippen LogP contribution in [0.15, 0.2) is 97.2 Å². The summed E-state index contributed by atoms with van der Waals surface area (Å²) in [6, 6.07) is 0. The van der Waals surface area contributed by atoms with E-state index < -0.39 is 32.5 Å². The lowest BCUT2D eigenvalue weighted by molar-refractivity contribution is -0.161. The second-order valence-electron chi connectivity index (χ2n) is 15.9. The second-order valence-corrected chi connectivity index (χ2v) is 17.4. The minimum atomic E-state index is -4.41. The van der Waals surface area contributed by atoms with Crippen molar-refractivity contribution in [2.45, 2.75) is 200 Å². The number of phosphoric acid groups is 1. The molecule has 0 amide bonds. The van der Waals surface area contributed by atoms with Crippen LogP contribution in [0.4, 0.5) is 0 Å². The van der Waals surface area contributed by atoms with Crippen molar-refractivity contribution < 1.29 is 37.6 Å². The highest BCUT2D eigenvalue weighted by Crippen LogP contribution is 2.43. The Balaban J connectivity index is 4.24. The molecule has 0 saturated carbocycles. The molecule has 0 aromatic carbocycles. The van der Waals surface area contributed by atoms with Crippen molar-refractivity contribution in [3.8, 4) is 0 Å². The van der Waals surface area contributed by atoms with E-state index in [2.05, 4.69) is 98.9 Å². The van der Waals surface area contributed by atoms with E-state index in [4.69, 9.17) is 24.3 Å². The normalized spacial score (nSPS) is 14.0. The van der Waals surface area contributed by atoms with Gasteiger partial charge in [0.15, 0.2) is 6.10 Å². The smallest absolute Gasteiger partial charge is 0.462 e. The Kier molecular flexibility index (Phi) is 46.0. The van der Waals surface area contributed by atoms with Crippen LogP contribution in [0.2, 0.25) is 0 Å². The molecular formula is C53H90NO8P. The molecule has 0 aromatic heterocycles. The number of ether oxygens (including phenoxy) is 2. The Labute approximate surface area is 385 Å². The molecule has 0 radical (unpaired) electrons. The van der Waals surface area contributed by atoms with Gasteiger partial charge in [0.2, 0.25) is 0 Å². The first-order valence-electron chi connectivity index (χ1n) is 24.7. The zero-order valence-corrected chi connectivity index (χ0v) is 40.7. The third kappa shape index (κ3) is 48.2. The summed E-state index contributed by atoms with van der Waals surface area (Å²) in [6.07, 6.45) is 63.3. The van der Waals surface area contributed by atoms with Crippen LogP contribution in [0.25, 0.3) is 0 Å². The second kappa shape index (κ2) is 48.4. The van der Waals surface area contributed by atoms with Gasteiger partial charge in [-0.05, 0) is 83.5 Å². The van der Waals surface area contributed by atoms with Crippen LogP contribution >= 0.6 is 7.82 Å². The maximum Gasteiger partial charge on any atom is 0.472 e. The van der Waals surface area contributed by atoms with E-state index in [0.717, 1.165) is 64.2 Å². The molecule has 0 aliphatic carbocycles. The van der Waals surface area contributed by atoms with Crippen LogP contribution in [0.3, 0.4) is 0 Å². The number of carbonyl (C=O) groups excluding carboxylic acids is 2. The van der Waals surface area contributed by atoms with Gasteiger partial charge in [0, 0.05) is 19.4 Å². The van der Waals surface area contributed by atoms with Crippen molar-refractivity contribution in [2.24, 2.45) is 5.73 Å². The predicted molar refractivity (Wildman–Crippen MR) is 265 cm³/mol. The monoisotopic (exact) mass is 900 g/mol. The molecule has 0 heterocycles. The SMILES string of the molecule is CC/C=C/C/C=C/C/C=C/C/C=C/C/C=C/C/C=C/CCC(=O)OC[C@H](COP(=O)(O)OCCN)OC(=O)CCC/C=C/CC/C=C/CCCCCCCCCCCCCCCC. The molecule has 360 valence electrons. The number of unbranched alkanes of at least 4 members (excludes halogenated alkanes) is 16. The van der Waals surface area contributed by atoms with Crippen molar-refractivity contribution >= 4 is 19.8 Å². The Morgan fingerprint density at radius 1 is 0.492 bits per heavy atom. The molecule has 0 aliphatic heterocycles. The van der Waals surface area contributed by atoms with Crippen molar-refractivity contribution in [1.29, 1.82) is 0 Å². The zero-order valence-electron chi connectivity index (χ0n) is 39.8. The summed E-state index contributed by atoms with van der Waals surface area (Å²) in [5.41, 5.74) is 5.35. The largest absolute Gasteiger partial charge is 0.472 e. The highest BCUT2D eigenvalue weighted by molar-refractivity contribution is 7.47. The summed E-state index contributed by atoms with van der Waals surface area (Å²) in [6.45, 7) is 3.49. The molecule has 0 fully saturated rings. The summed E-state index contributed by atoms with van der Waals surface area (Å²) in [7, 11) is -4.41. The third-order valence-electron chi connectivity index (χ3n) is 9.95. The van der Waals surface area contributed by atoms with Gasteiger partial charge < -0.3 is 20.1 Å². The lowest BCUT2D eigenvalue weighted by Crippen LogP contribution is -2.29. The fraction of sp³-hybridized carbons (Fsp3) is 0.660. The number of phosphoric ester groups is 1. The zero-order chi connectivity index (χ0) is 46.0. The number of hydrogen-bond acceptors (Lipinski definition) is 8. The molecule has 3 N–H and O–H groups in total. The molecule has 9 nitrogen and oxygen atoms in total. The van der Waals surface area contributed by atoms with Crippen molar-refractivity contribution in [1.82, 2.24) is 0 Å². The van der Waals surface area contributed by atoms with Crippen molar-refractivity contribution in [3.05, 3.63) is 97.2 Å². The van der Waals surface area contributed by atoms with Crippen LogP contribution in [0.5, 0.6) is 0 Å². The molecule has 0 bridgehead atoms. The lowest BCUT2D eigenvalue weighted by Gasteiger charge is -2.19. The van der Waals surface area contributed by atoms with Crippen LogP contribution in [0, 0.1) is 0 Å². The van der Waals surface area contributed by atoms with Gasteiger partial charge in [0.05, 0.1) is 13.2 Å². The van der Waals surface area contributed by atoms with Crippen LogP contribution < -0.4 is 5.73 Å². The van der Waals surface area contributed by atoms with E-state index in [0.29, 0.717) is 12.8 Å². The minimum Gasteiger partial charge on any atom is -0.462 e. The number of esters is 2. The van der Waals surface area contributed by atoms with Crippen molar-refractivity contribution in [3.63, 3.8) is 0 Å². The third-order valence-corrected chi connectivity index (χ3v) is 10.9. The van der Waals surface area contributed by atoms with Gasteiger partial charge >= 0.3 is 19.8 Å². The Morgan fingerprint density at radius 3 is 1.41 bits per heavy atom. The van der Waals surface area contributed by atoms with E-state index >= 15 is 0 Å². The highest BCUT2D eigenvalue weighted by Gasteiger charge is 2.25. The van der Waals surface area contributed by atoms with Crippen LogP contribution in [-0.2, 0) is 32.7 Å². The predicted octanol–water partition coefficient (Wildman–Crippen LogP) is 14.9. The van der Waals surface area contributed by atoms with E-state index in [-0.39, 0.29) is 32.6 Å². The molecular weight excluding hydrogens is 810 g/mol. The molecule has 0 aromatic rings. The van der Waals surface area contributed by atoms with E-state index in [9.17, 15) is 19.0 Å². The Bertz CT molecular complexity index is 1350. The van der Waals surface area contributed by atoms with Gasteiger partial charge in [-0.3, -0.25) is 18.6 Å². The molecule has 0 spiro atoms. The quantitative estimate of drug-likeness (QED) is 0.0265. The summed E-state index contributed by atoms with van der Waals surface area (Å²) < 4.78 is 32.7. The number of nitrogens with two attached hydrogens (primary N) is 1. The summed E-state index contributed by atoms with van der Waals surface area (Å²) in [4.78, 5) is 34.9. The fourth-order valence-electron chi connectivity index (χ4n) is 6.33. The lowest BCUT2D eigenvalue weighted by atomic mass is 10.0. The maximum absolute atomic E-state index is 12.6. The standard InChI is InChI=1S/C53H90NO8P/c1-3-5-7-9-11-13-15-17-19-21-23-24-25-26-28-30-32-34-36-38-40-42-44-46-53(56)62-51(50-61-63(57,58)60-48-47-54)49-59-52(55)45-43-41-39-37-35-33-31-29-27-22-20-18-16-14-12-10-8-6-4-2/h6,8,12,14,18,20,27,29-30,32-33,35,38-41,51H,3-5,7,9-11,13,15-17,19,21-26,28,31,34,36-37,42-50,54H2,1-2H3,(H,57,58)/b8-6+,14-12+,20-18+,29-27+,32-30+,35-33+,40-38+,41-39+/t51-/m1/s1. The first kappa shape index (κ1) is 59.9. The van der Waals surface area contributed by atoms with E-state index in [1.54, 1.807) is 0 Å². The molecule has 10 heteroatoms. The van der Waals surface area contributed by atoms with Crippen molar-refractivity contribution in [2.75, 3.05) is 26.4 Å².